The Labute approximate surface area is 151 Å². The Hall–Kier alpha value is -3.15. The van der Waals surface area contributed by atoms with E-state index in [0.717, 1.165) is 6.42 Å². The van der Waals surface area contributed by atoms with Crippen LogP contribution in [0.15, 0.2) is 54.9 Å². The fourth-order valence-electron chi connectivity index (χ4n) is 2.56. The second-order valence-corrected chi connectivity index (χ2v) is 5.84. The molecule has 3 rings (SSSR count). The Morgan fingerprint density at radius 1 is 1.27 bits per heavy atom. The van der Waals surface area contributed by atoms with Gasteiger partial charge in [0, 0.05) is 23.6 Å². The van der Waals surface area contributed by atoms with Crippen LogP contribution in [0.2, 0.25) is 0 Å². The lowest BCUT2D eigenvalue weighted by Crippen LogP contribution is -2.12. The number of rotatable bonds is 6. The van der Waals surface area contributed by atoms with Crippen LogP contribution in [0.25, 0.3) is 5.69 Å². The van der Waals surface area contributed by atoms with Crippen LogP contribution in [0.3, 0.4) is 0 Å². The molecule has 134 valence electrons. The van der Waals surface area contributed by atoms with Gasteiger partial charge in [0.25, 0.3) is 5.91 Å². The summed E-state index contributed by atoms with van der Waals surface area (Å²) in [6.45, 7) is 4.40. The monoisotopic (exact) mass is 353 g/mol. The molecule has 0 bridgehead atoms. The van der Waals surface area contributed by atoms with Crippen LogP contribution in [0.1, 0.15) is 29.5 Å². The molecule has 1 aromatic heterocycles. The molecule has 0 aliphatic rings. The van der Waals surface area contributed by atoms with E-state index < -0.39 is 5.82 Å². The molecule has 0 aliphatic carbocycles. The van der Waals surface area contributed by atoms with Gasteiger partial charge in [0.15, 0.2) is 0 Å². The maximum absolute atomic E-state index is 14.4. The van der Waals surface area contributed by atoms with Gasteiger partial charge >= 0.3 is 0 Å². The fourth-order valence-corrected chi connectivity index (χ4v) is 2.56. The van der Waals surface area contributed by atoms with Crippen molar-refractivity contribution < 1.29 is 13.9 Å². The maximum atomic E-state index is 14.4. The number of imidazole rings is 1. The number of aromatic nitrogens is 2. The zero-order valence-corrected chi connectivity index (χ0v) is 14.7. The molecule has 26 heavy (non-hydrogen) atoms. The van der Waals surface area contributed by atoms with Gasteiger partial charge < -0.3 is 14.6 Å². The Morgan fingerprint density at radius 2 is 2.12 bits per heavy atom. The number of nitrogens with zero attached hydrogens (tertiary/aromatic N) is 2. The van der Waals surface area contributed by atoms with Crippen molar-refractivity contribution in [2.24, 2.45) is 0 Å². The highest BCUT2D eigenvalue weighted by molar-refractivity contribution is 6.04. The predicted molar refractivity (Wildman–Crippen MR) is 98.4 cm³/mol. The summed E-state index contributed by atoms with van der Waals surface area (Å²) < 4.78 is 21.6. The Morgan fingerprint density at radius 3 is 2.81 bits per heavy atom. The fraction of sp³-hybridized carbons (Fsp3) is 0.200. The highest BCUT2D eigenvalue weighted by Crippen LogP contribution is 2.21. The molecule has 1 amide bonds. The van der Waals surface area contributed by atoms with Crippen molar-refractivity contribution in [2.45, 2.75) is 20.3 Å². The number of benzene rings is 2. The van der Waals surface area contributed by atoms with E-state index in [4.69, 9.17) is 4.74 Å². The second-order valence-electron chi connectivity index (χ2n) is 5.84. The highest BCUT2D eigenvalue weighted by atomic mass is 19.1. The smallest absolute Gasteiger partial charge is 0.255 e. The first-order valence-corrected chi connectivity index (χ1v) is 8.42. The van der Waals surface area contributed by atoms with Gasteiger partial charge in [0.05, 0.1) is 12.3 Å². The molecule has 0 saturated carbocycles. The molecule has 0 saturated heterocycles. The Balaban J connectivity index is 1.76. The van der Waals surface area contributed by atoms with E-state index in [1.807, 2.05) is 6.92 Å². The van der Waals surface area contributed by atoms with Crippen molar-refractivity contribution in [3.05, 3.63) is 72.1 Å². The molecule has 5 nitrogen and oxygen atoms in total. The van der Waals surface area contributed by atoms with Gasteiger partial charge in [-0.15, -0.1) is 0 Å². The molecule has 0 atom stereocenters. The normalized spacial score (nSPS) is 10.6. The minimum absolute atomic E-state index is 0.321. The van der Waals surface area contributed by atoms with Crippen molar-refractivity contribution >= 4 is 11.6 Å². The van der Waals surface area contributed by atoms with Crippen molar-refractivity contribution in [3.8, 4) is 11.4 Å². The standard InChI is InChI=1S/C20H20FN3O2/c1-3-11-26-17-6-4-5-15(12-17)20(25)23-16-7-8-19(18(21)13-16)24-10-9-22-14(24)2/h4-10,12-13H,3,11H2,1-2H3,(H,23,25). The van der Waals surface area contributed by atoms with E-state index in [-0.39, 0.29) is 5.91 Å². The SMILES string of the molecule is CCCOc1cccc(C(=O)Nc2ccc(-n3ccnc3C)c(F)c2)c1. The summed E-state index contributed by atoms with van der Waals surface area (Å²) in [5.74, 6) is 0.558. The van der Waals surface area contributed by atoms with Gasteiger partial charge in [0.1, 0.15) is 17.4 Å². The molecule has 3 aromatic rings. The molecule has 0 spiro atoms. The number of carbonyl (C=O) groups is 1. The third kappa shape index (κ3) is 3.91. The summed E-state index contributed by atoms with van der Waals surface area (Å²) >= 11 is 0. The molecular weight excluding hydrogens is 333 g/mol. The Bertz CT molecular complexity index is 921. The zero-order valence-electron chi connectivity index (χ0n) is 14.7. The van der Waals surface area contributed by atoms with Crippen LogP contribution in [-0.4, -0.2) is 22.1 Å². The van der Waals surface area contributed by atoms with Crippen LogP contribution >= 0.6 is 0 Å². The lowest BCUT2D eigenvalue weighted by molar-refractivity contribution is 0.102. The van der Waals surface area contributed by atoms with E-state index in [1.165, 1.54) is 6.07 Å². The number of nitrogens with one attached hydrogen (secondary N) is 1. The second kappa shape index (κ2) is 7.82. The minimum atomic E-state index is -0.441. The molecule has 6 heteroatoms. The van der Waals surface area contributed by atoms with Gasteiger partial charge in [-0.05, 0) is 49.7 Å². The van der Waals surface area contributed by atoms with Gasteiger partial charge in [-0.1, -0.05) is 13.0 Å². The summed E-state index contributed by atoms with van der Waals surface area (Å²) in [7, 11) is 0. The number of aryl methyl sites for hydroxylation is 1. The number of anilines is 1. The lowest BCUT2D eigenvalue weighted by Gasteiger charge is -2.10. The predicted octanol–water partition coefficient (Wildman–Crippen LogP) is 4.36. The van der Waals surface area contributed by atoms with Gasteiger partial charge in [0.2, 0.25) is 0 Å². The van der Waals surface area contributed by atoms with Crippen LogP contribution in [0.4, 0.5) is 10.1 Å². The summed E-state index contributed by atoms with van der Waals surface area (Å²) in [5, 5.41) is 2.71. The topological polar surface area (TPSA) is 56.1 Å². The number of halogens is 1. The van der Waals surface area contributed by atoms with Crippen molar-refractivity contribution in [2.75, 3.05) is 11.9 Å². The van der Waals surface area contributed by atoms with E-state index in [9.17, 15) is 9.18 Å². The van der Waals surface area contributed by atoms with Crippen LogP contribution < -0.4 is 10.1 Å². The molecule has 0 unspecified atom stereocenters. The number of hydrogen-bond donors (Lipinski definition) is 1. The summed E-state index contributed by atoms with van der Waals surface area (Å²) in [6.07, 6.45) is 4.18. The summed E-state index contributed by atoms with van der Waals surface area (Å²) in [6, 6.07) is 11.5. The lowest BCUT2D eigenvalue weighted by atomic mass is 10.2. The van der Waals surface area contributed by atoms with Gasteiger partial charge in [-0.3, -0.25) is 4.79 Å². The van der Waals surface area contributed by atoms with Gasteiger partial charge in [-0.25, -0.2) is 9.37 Å². The largest absolute Gasteiger partial charge is 0.494 e. The number of carbonyl (C=O) groups excluding carboxylic acids is 1. The van der Waals surface area contributed by atoms with Crippen molar-refractivity contribution in [3.63, 3.8) is 0 Å². The van der Waals surface area contributed by atoms with Gasteiger partial charge in [-0.2, -0.15) is 0 Å². The molecule has 1 N–H and O–H groups in total. The first-order chi connectivity index (χ1) is 12.6. The third-order valence-electron chi connectivity index (χ3n) is 3.86. The van der Waals surface area contributed by atoms with Crippen LogP contribution in [-0.2, 0) is 0 Å². The third-order valence-corrected chi connectivity index (χ3v) is 3.86. The van der Waals surface area contributed by atoms with E-state index >= 15 is 0 Å². The van der Waals surface area contributed by atoms with E-state index in [0.29, 0.717) is 35.1 Å². The molecule has 2 aromatic carbocycles. The molecule has 0 fully saturated rings. The number of amides is 1. The molecular formula is C20H20FN3O2. The van der Waals surface area contributed by atoms with E-state index in [1.54, 1.807) is 60.3 Å². The number of hydrogen-bond acceptors (Lipinski definition) is 3. The van der Waals surface area contributed by atoms with E-state index in [2.05, 4.69) is 10.3 Å². The molecule has 1 heterocycles. The highest BCUT2D eigenvalue weighted by Gasteiger charge is 2.11. The maximum Gasteiger partial charge on any atom is 0.255 e. The first kappa shape index (κ1) is 17.7. The van der Waals surface area contributed by atoms with Crippen LogP contribution in [0, 0.1) is 12.7 Å². The first-order valence-electron chi connectivity index (χ1n) is 8.42. The average Bonchev–Trinajstić information content (AvgIpc) is 3.06. The van der Waals surface area contributed by atoms with Crippen molar-refractivity contribution in [1.29, 1.82) is 0 Å². The quantitative estimate of drug-likeness (QED) is 0.716. The average molecular weight is 353 g/mol. The summed E-state index contributed by atoms with van der Waals surface area (Å²) in [4.78, 5) is 16.5. The summed E-state index contributed by atoms with van der Waals surface area (Å²) in [5.41, 5.74) is 1.22. The molecule has 0 aliphatic heterocycles. The molecule has 0 radical (unpaired) electrons. The minimum Gasteiger partial charge on any atom is -0.494 e. The Kier molecular flexibility index (Phi) is 5.31. The number of ether oxygens (including phenoxy) is 1. The van der Waals surface area contributed by atoms with Crippen molar-refractivity contribution in [1.82, 2.24) is 9.55 Å². The zero-order chi connectivity index (χ0) is 18.5. The van der Waals surface area contributed by atoms with Crippen LogP contribution in [0.5, 0.6) is 5.75 Å².